The number of alkyl halides is 15. The quantitative estimate of drug-likeness (QED) is 0.0950. The van der Waals surface area contributed by atoms with Crippen LogP contribution in [0.1, 0.15) is 45.6 Å². The van der Waals surface area contributed by atoms with Crippen LogP contribution in [0.25, 0.3) is 0 Å². The Morgan fingerprint density at radius 3 is 1.69 bits per heavy atom. The number of allylic oxidation sites excluding steroid dienone is 1. The first-order valence-electron chi connectivity index (χ1n) is 13.2. The fourth-order valence-corrected chi connectivity index (χ4v) is 3.46. The van der Waals surface area contributed by atoms with Crippen LogP contribution >= 0.6 is 0 Å². The third kappa shape index (κ3) is 8.71. The molecule has 262 valence electrons. The standard InChI is InChI=1S/C27H31F15O3/c1-16(14-43)6-4-7-17(2)18(3)45-15-19-8-10-20(11-9-19)44-13-5-12-21(28,29)22(30,31)23(32,33)24(34,35)25(36,37)26(38,39)27(40,41)42/h4,7-11,16-18,43H,5-6,12-15H2,1-3H3/b7-4+/t16-,17+,18-/m0/s1. The first-order valence-corrected chi connectivity index (χ1v) is 13.2. The van der Waals surface area contributed by atoms with Gasteiger partial charge in [-0.3, -0.25) is 0 Å². The van der Waals surface area contributed by atoms with Crippen molar-refractivity contribution in [1.82, 2.24) is 0 Å². The minimum absolute atomic E-state index is 0.00695. The maximum atomic E-state index is 14.0. The van der Waals surface area contributed by atoms with Gasteiger partial charge >= 0.3 is 41.7 Å². The lowest BCUT2D eigenvalue weighted by molar-refractivity contribution is -0.452. The summed E-state index contributed by atoms with van der Waals surface area (Å²) >= 11 is 0. The highest BCUT2D eigenvalue weighted by Gasteiger charge is 2.93. The summed E-state index contributed by atoms with van der Waals surface area (Å²) in [5.41, 5.74) is 0.599. The lowest BCUT2D eigenvalue weighted by Gasteiger charge is -2.41. The van der Waals surface area contributed by atoms with Crippen molar-refractivity contribution in [2.24, 2.45) is 11.8 Å². The number of ether oxygens (including phenoxy) is 2. The lowest BCUT2D eigenvalue weighted by atomic mass is 9.90. The molecule has 0 unspecified atom stereocenters. The van der Waals surface area contributed by atoms with Crippen LogP contribution in [-0.2, 0) is 11.3 Å². The van der Waals surface area contributed by atoms with Crippen LogP contribution in [-0.4, -0.2) is 66.1 Å². The molecule has 0 bridgehead atoms. The number of aliphatic hydroxyl groups excluding tert-OH is 1. The largest absolute Gasteiger partial charge is 0.494 e. The first kappa shape index (κ1) is 40.7. The average Bonchev–Trinajstić information content (AvgIpc) is 2.93. The summed E-state index contributed by atoms with van der Waals surface area (Å²) in [5, 5.41) is 9.03. The third-order valence-electron chi connectivity index (χ3n) is 6.76. The highest BCUT2D eigenvalue weighted by molar-refractivity contribution is 5.27. The van der Waals surface area contributed by atoms with E-state index >= 15 is 0 Å². The van der Waals surface area contributed by atoms with Crippen molar-refractivity contribution in [1.29, 1.82) is 0 Å². The van der Waals surface area contributed by atoms with Gasteiger partial charge in [0.2, 0.25) is 0 Å². The minimum atomic E-state index is -8.29. The number of aliphatic hydroxyl groups is 1. The molecule has 0 aliphatic carbocycles. The molecule has 0 radical (unpaired) electrons. The van der Waals surface area contributed by atoms with Crippen LogP contribution in [0, 0.1) is 11.8 Å². The van der Waals surface area contributed by atoms with Gasteiger partial charge in [0, 0.05) is 13.0 Å². The maximum Gasteiger partial charge on any atom is 0.460 e. The maximum absolute atomic E-state index is 14.0. The molecule has 1 rings (SSSR count). The van der Waals surface area contributed by atoms with Gasteiger partial charge < -0.3 is 14.6 Å². The molecule has 0 saturated carbocycles. The van der Waals surface area contributed by atoms with Crippen molar-refractivity contribution in [3.05, 3.63) is 42.0 Å². The van der Waals surface area contributed by atoms with Gasteiger partial charge in [-0.2, -0.15) is 65.9 Å². The summed E-state index contributed by atoms with van der Waals surface area (Å²) < 4.78 is 210. The zero-order chi connectivity index (χ0) is 35.3. The summed E-state index contributed by atoms with van der Waals surface area (Å²) in [5.74, 6) is -46.4. The number of hydrogen-bond acceptors (Lipinski definition) is 3. The molecule has 0 aliphatic rings. The van der Waals surface area contributed by atoms with Gasteiger partial charge in [-0.05, 0) is 49.3 Å². The Hall–Kier alpha value is -2.37. The molecule has 0 spiro atoms. The molecule has 0 amide bonds. The molecule has 1 aromatic rings. The van der Waals surface area contributed by atoms with Crippen molar-refractivity contribution >= 4 is 0 Å². The van der Waals surface area contributed by atoms with Crippen LogP contribution in [0.5, 0.6) is 5.75 Å². The second-order valence-electron chi connectivity index (χ2n) is 10.5. The molecule has 0 aromatic heterocycles. The van der Waals surface area contributed by atoms with Gasteiger partial charge in [0.15, 0.2) is 0 Å². The van der Waals surface area contributed by atoms with E-state index in [-0.39, 0.29) is 36.9 Å². The Kier molecular flexibility index (Phi) is 13.2. The number of halogens is 15. The molecular weight excluding hydrogens is 657 g/mol. The fraction of sp³-hybridized carbons (Fsp3) is 0.704. The summed E-state index contributed by atoms with van der Waals surface area (Å²) in [4.78, 5) is 0. The van der Waals surface area contributed by atoms with E-state index in [0.29, 0.717) is 12.0 Å². The number of benzene rings is 1. The van der Waals surface area contributed by atoms with E-state index in [1.807, 2.05) is 32.9 Å². The van der Waals surface area contributed by atoms with Crippen LogP contribution in [0.15, 0.2) is 36.4 Å². The van der Waals surface area contributed by atoms with E-state index in [2.05, 4.69) is 0 Å². The molecule has 0 heterocycles. The SMILES string of the molecule is C[C@H](CO)C/C=C/[C@@H](C)[C@H](C)OCc1ccc(OCCCC(F)(F)C(F)(F)C(F)(F)C(F)(F)C(F)(F)C(F)(F)C(F)(F)F)cc1. The second-order valence-corrected chi connectivity index (χ2v) is 10.5. The van der Waals surface area contributed by atoms with Crippen LogP contribution in [0.3, 0.4) is 0 Å². The third-order valence-corrected chi connectivity index (χ3v) is 6.76. The fourth-order valence-electron chi connectivity index (χ4n) is 3.46. The minimum Gasteiger partial charge on any atom is -0.494 e. The molecule has 18 heteroatoms. The zero-order valence-corrected chi connectivity index (χ0v) is 23.9. The van der Waals surface area contributed by atoms with Gasteiger partial charge in [-0.15, -0.1) is 0 Å². The Labute approximate surface area is 248 Å². The smallest absolute Gasteiger partial charge is 0.460 e. The van der Waals surface area contributed by atoms with Gasteiger partial charge in [0.1, 0.15) is 5.75 Å². The summed E-state index contributed by atoms with van der Waals surface area (Å²) in [6.07, 6.45) is -7.11. The zero-order valence-electron chi connectivity index (χ0n) is 23.9. The normalized spacial score (nSPS) is 16.6. The van der Waals surface area contributed by atoms with E-state index in [9.17, 15) is 65.9 Å². The van der Waals surface area contributed by atoms with E-state index in [1.165, 1.54) is 24.3 Å². The first-order chi connectivity index (χ1) is 20.2. The van der Waals surface area contributed by atoms with Crippen molar-refractivity contribution in [3.63, 3.8) is 0 Å². The Balaban J connectivity index is 2.79. The van der Waals surface area contributed by atoms with E-state index in [1.54, 1.807) is 0 Å². The highest BCUT2D eigenvalue weighted by Crippen LogP contribution is 2.62. The molecular formula is C27H31F15O3. The van der Waals surface area contributed by atoms with Crippen molar-refractivity contribution < 1.29 is 80.4 Å². The van der Waals surface area contributed by atoms with Gasteiger partial charge in [0.05, 0.1) is 19.3 Å². The molecule has 3 atom stereocenters. The second kappa shape index (κ2) is 14.6. The van der Waals surface area contributed by atoms with E-state index < -0.39 is 61.2 Å². The topological polar surface area (TPSA) is 38.7 Å². The molecule has 0 fully saturated rings. The predicted octanol–water partition coefficient (Wildman–Crippen LogP) is 9.34. The van der Waals surface area contributed by atoms with Crippen LogP contribution < -0.4 is 4.74 Å². The van der Waals surface area contributed by atoms with Crippen molar-refractivity contribution in [2.45, 2.75) is 94.5 Å². The van der Waals surface area contributed by atoms with Crippen molar-refractivity contribution in [3.8, 4) is 5.75 Å². The van der Waals surface area contributed by atoms with Crippen molar-refractivity contribution in [2.75, 3.05) is 13.2 Å². The van der Waals surface area contributed by atoms with Gasteiger partial charge in [-0.1, -0.05) is 38.1 Å². The Bertz CT molecular complexity index is 1090. The van der Waals surface area contributed by atoms with E-state index in [4.69, 9.17) is 14.6 Å². The highest BCUT2D eigenvalue weighted by atomic mass is 19.4. The molecule has 3 nitrogen and oxygen atoms in total. The summed E-state index contributed by atoms with van der Waals surface area (Å²) in [7, 11) is 0. The van der Waals surface area contributed by atoms with E-state index in [0.717, 1.165) is 0 Å². The molecule has 1 aromatic carbocycles. The predicted molar refractivity (Wildman–Crippen MR) is 130 cm³/mol. The number of hydrogen-bond donors (Lipinski definition) is 1. The Morgan fingerprint density at radius 2 is 1.20 bits per heavy atom. The Morgan fingerprint density at radius 1 is 0.711 bits per heavy atom. The van der Waals surface area contributed by atoms with Crippen LogP contribution in [0.2, 0.25) is 0 Å². The molecule has 1 N–H and O–H groups in total. The van der Waals surface area contributed by atoms with Gasteiger partial charge in [0.25, 0.3) is 0 Å². The monoisotopic (exact) mass is 688 g/mol. The molecule has 0 saturated heterocycles. The summed E-state index contributed by atoms with van der Waals surface area (Å²) in [6, 6.07) is 5.45. The van der Waals surface area contributed by atoms with Crippen LogP contribution in [0.4, 0.5) is 65.9 Å². The average molecular weight is 689 g/mol. The molecule has 0 aliphatic heterocycles. The molecule has 45 heavy (non-hydrogen) atoms. The van der Waals surface area contributed by atoms with Gasteiger partial charge in [-0.25, -0.2) is 0 Å². The number of rotatable bonds is 18. The summed E-state index contributed by atoms with van der Waals surface area (Å²) in [6.45, 7) is 4.79. The lowest BCUT2D eigenvalue weighted by Crippen LogP contribution is -2.72.